The second kappa shape index (κ2) is 8.37. The smallest absolute Gasteiger partial charge is 0.230 e. The number of hydrogen-bond donors (Lipinski definition) is 2. The SMILES string of the molecule is COCCNCCNC(=O)C1(c2ccccc2C)CC1.Cl. The number of amides is 1. The van der Waals surface area contributed by atoms with Gasteiger partial charge in [0, 0.05) is 26.7 Å². The Kier molecular flexibility index (Phi) is 7.15. The Hall–Kier alpha value is -1.10. The average Bonchev–Trinajstić information content (AvgIpc) is 3.24. The van der Waals surface area contributed by atoms with Crippen LogP contribution >= 0.6 is 12.4 Å². The predicted octanol–water partition coefficient (Wildman–Crippen LogP) is 1.80. The number of rotatable bonds is 8. The molecule has 21 heavy (non-hydrogen) atoms. The lowest BCUT2D eigenvalue weighted by molar-refractivity contribution is -0.123. The van der Waals surface area contributed by atoms with Crippen LogP contribution in [0.2, 0.25) is 0 Å². The third-order valence-electron chi connectivity index (χ3n) is 3.92. The maximum atomic E-state index is 12.4. The normalized spacial score (nSPS) is 15.1. The summed E-state index contributed by atoms with van der Waals surface area (Å²) in [5.74, 6) is 0.167. The maximum Gasteiger partial charge on any atom is 0.230 e. The Morgan fingerprint density at radius 3 is 2.57 bits per heavy atom. The molecule has 2 N–H and O–H groups in total. The van der Waals surface area contributed by atoms with Crippen molar-refractivity contribution in [2.75, 3.05) is 33.4 Å². The van der Waals surface area contributed by atoms with Gasteiger partial charge in [-0.15, -0.1) is 12.4 Å². The zero-order valence-corrected chi connectivity index (χ0v) is 13.6. The largest absolute Gasteiger partial charge is 0.383 e. The molecule has 4 nitrogen and oxygen atoms in total. The highest BCUT2D eigenvalue weighted by Gasteiger charge is 2.51. The van der Waals surface area contributed by atoms with Crippen molar-refractivity contribution in [1.29, 1.82) is 0 Å². The Morgan fingerprint density at radius 2 is 1.95 bits per heavy atom. The number of hydrogen-bond acceptors (Lipinski definition) is 3. The zero-order valence-electron chi connectivity index (χ0n) is 12.8. The first kappa shape index (κ1) is 18.0. The van der Waals surface area contributed by atoms with Crippen molar-refractivity contribution < 1.29 is 9.53 Å². The van der Waals surface area contributed by atoms with Crippen LogP contribution in [0.4, 0.5) is 0 Å². The summed E-state index contributed by atoms with van der Waals surface area (Å²) in [6, 6.07) is 8.20. The minimum absolute atomic E-state index is 0. The molecular weight excluding hydrogens is 288 g/mol. The molecule has 1 aliphatic rings. The quantitative estimate of drug-likeness (QED) is 0.720. The van der Waals surface area contributed by atoms with Crippen molar-refractivity contribution in [3.05, 3.63) is 35.4 Å². The van der Waals surface area contributed by atoms with E-state index >= 15 is 0 Å². The average molecular weight is 313 g/mol. The second-order valence-corrected chi connectivity index (χ2v) is 5.40. The maximum absolute atomic E-state index is 12.4. The summed E-state index contributed by atoms with van der Waals surface area (Å²) < 4.78 is 4.95. The van der Waals surface area contributed by atoms with Gasteiger partial charge < -0.3 is 15.4 Å². The predicted molar refractivity (Wildman–Crippen MR) is 87.1 cm³/mol. The molecule has 0 radical (unpaired) electrons. The van der Waals surface area contributed by atoms with Crippen LogP contribution in [0.25, 0.3) is 0 Å². The molecule has 1 fully saturated rings. The number of halogens is 1. The van der Waals surface area contributed by atoms with Gasteiger partial charge in [0.25, 0.3) is 0 Å². The zero-order chi connectivity index (χ0) is 14.4. The summed E-state index contributed by atoms with van der Waals surface area (Å²) >= 11 is 0. The Labute approximate surface area is 133 Å². The minimum atomic E-state index is -0.266. The summed E-state index contributed by atoms with van der Waals surface area (Å²) in [5, 5.41) is 6.27. The molecule has 0 unspecified atom stereocenters. The first-order valence-corrected chi connectivity index (χ1v) is 7.25. The van der Waals surface area contributed by atoms with Crippen molar-refractivity contribution in [2.45, 2.75) is 25.2 Å². The fourth-order valence-electron chi connectivity index (χ4n) is 2.59. The van der Waals surface area contributed by atoms with Crippen molar-refractivity contribution in [3.8, 4) is 0 Å². The summed E-state index contributed by atoms with van der Waals surface area (Å²) in [4.78, 5) is 12.4. The molecule has 1 aromatic rings. The topological polar surface area (TPSA) is 50.4 Å². The van der Waals surface area contributed by atoms with Gasteiger partial charge in [0.2, 0.25) is 5.91 Å². The van der Waals surface area contributed by atoms with Gasteiger partial charge >= 0.3 is 0 Å². The summed E-state index contributed by atoms with van der Waals surface area (Å²) in [6.45, 7) is 5.03. The molecule has 1 aromatic carbocycles. The van der Waals surface area contributed by atoms with E-state index in [0.717, 1.165) is 25.9 Å². The Morgan fingerprint density at radius 1 is 1.24 bits per heavy atom. The number of carbonyl (C=O) groups is 1. The van der Waals surface area contributed by atoms with E-state index < -0.39 is 0 Å². The van der Waals surface area contributed by atoms with Crippen molar-refractivity contribution >= 4 is 18.3 Å². The van der Waals surface area contributed by atoms with Crippen LogP contribution in [-0.4, -0.2) is 39.3 Å². The van der Waals surface area contributed by atoms with E-state index in [-0.39, 0.29) is 23.7 Å². The lowest BCUT2D eigenvalue weighted by atomic mass is 9.91. The van der Waals surface area contributed by atoms with Crippen LogP contribution in [0.5, 0.6) is 0 Å². The van der Waals surface area contributed by atoms with Gasteiger partial charge in [-0.3, -0.25) is 4.79 Å². The van der Waals surface area contributed by atoms with Gasteiger partial charge in [0.05, 0.1) is 12.0 Å². The first-order chi connectivity index (χ1) is 9.70. The van der Waals surface area contributed by atoms with Crippen LogP contribution in [0.15, 0.2) is 24.3 Å². The third kappa shape index (κ3) is 4.43. The van der Waals surface area contributed by atoms with E-state index in [1.807, 2.05) is 12.1 Å². The summed E-state index contributed by atoms with van der Waals surface area (Å²) in [5.41, 5.74) is 2.13. The molecule has 0 saturated heterocycles. The van der Waals surface area contributed by atoms with E-state index in [9.17, 15) is 4.79 Å². The van der Waals surface area contributed by atoms with Crippen LogP contribution in [0, 0.1) is 6.92 Å². The van der Waals surface area contributed by atoms with Crippen LogP contribution < -0.4 is 10.6 Å². The van der Waals surface area contributed by atoms with Gasteiger partial charge in [0.1, 0.15) is 0 Å². The summed E-state index contributed by atoms with van der Waals surface area (Å²) in [6.07, 6.45) is 1.92. The van der Waals surface area contributed by atoms with Crippen molar-refractivity contribution in [3.63, 3.8) is 0 Å². The van der Waals surface area contributed by atoms with Gasteiger partial charge in [-0.2, -0.15) is 0 Å². The molecule has 0 aliphatic heterocycles. The lowest BCUT2D eigenvalue weighted by Gasteiger charge is -2.18. The standard InChI is InChI=1S/C16H24N2O2.ClH/c1-13-5-3-4-6-14(13)16(7-8-16)15(19)18-10-9-17-11-12-20-2;/h3-6,17H,7-12H2,1-2H3,(H,18,19);1H. The molecule has 0 atom stereocenters. The molecular formula is C16H25ClN2O2. The number of nitrogens with one attached hydrogen (secondary N) is 2. The van der Waals surface area contributed by atoms with Gasteiger partial charge in [-0.25, -0.2) is 0 Å². The molecule has 1 amide bonds. The van der Waals surface area contributed by atoms with Crippen LogP contribution in [0.1, 0.15) is 24.0 Å². The highest BCUT2D eigenvalue weighted by atomic mass is 35.5. The summed E-state index contributed by atoms with van der Waals surface area (Å²) in [7, 11) is 1.68. The van der Waals surface area contributed by atoms with Gasteiger partial charge in [-0.05, 0) is 30.9 Å². The number of carbonyl (C=O) groups excluding carboxylic acids is 1. The number of aryl methyl sites for hydroxylation is 1. The van der Waals surface area contributed by atoms with Crippen LogP contribution in [0.3, 0.4) is 0 Å². The molecule has 1 aliphatic carbocycles. The number of benzene rings is 1. The molecule has 0 heterocycles. The monoisotopic (exact) mass is 312 g/mol. The molecule has 5 heteroatoms. The molecule has 0 bridgehead atoms. The lowest BCUT2D eigenvalue weighted by Crippen LogP contribution is -2.39. The highest BCUT2D eigenvalue weighted by molar-refractivity contribution is 5.91. The Balaban J connectivity index is 0.00000220. The van der Waals surface area contributed by atoms with E-state index in [1.165, 1.54) is 11.1 Å². The van der Waals surface area contributed by atoms with E-state index in [0.29, 0.717) is 13.2 Å². The van der Waals surface area contributed by atoms with Gasteiger partial charge in [-0.1, -0.05) is 24.3 Å². The number of methoxy groups -OCH3 is 1. The van der Waals surface area contributed by atoms with E-state index in [4.69, 9.17) is 4.74 Å². The fourth-order valence-corrected chi connectivity index (χ4v) is 2.59. The Bertz CT molecular complexity index is 461. The second-order valence-electron chi connectivity index (χ2n) is 5.40. The highest BCUT2D eigenvalue weighted by Crippen LogP contribution is 2.49. The van der Waals surface area contributed by atoms with Crippen molar-refractivity contribution in [1.82, 2.24) is 10.6 Å². The molecule has 1 saturated carbocycles. The van der Waals surface area contributed by atoms with E-state index in [1.54, 1.807) is 7.11 Å². The number of ether oxygens (including phenoxy) is 1. The molecule has 0 spiro atoms. The van der Waals surface area contributed by atoms with Crippen molar-refractivity contribution in [2.24, 2.45) is 0 Å². The third-order valence-corrected chi connectivity index (χ3v) is 3.92. The molecule has 2 rings (SSSR count). The molecule has 118 valence electrons. The fraction of sp³-hybridized carbons (Fsp3) is 0.562. The molecule has 0 aromatic heterocycles. The van der Waals surface area contributed by atoms with Crippen LogP contribution in [-0.2, 0) is 14.9 Å². The van der Waals surface area contributed by atoms with Gasteiger partial charge in [0.15, 0.2) is 0 Å². The van der Waals surface area contributed by atoms with E-state index in [2.05, 4.69) is 29.7 Å². The first-order valence-electron chi connectivity index (χ1n) is 7.25. The minimum Gasteiger partial charge on any atom is -0.383 e.